The van der Waals surface area contributed by atoms with E-state index in [0.717, 1.165) is 0 Å². The summed E-state index contributed by atoms with van der Waals surface area (Å²) in [5, 5.41) is 12.5. The predicted octanol–water partition coefficient (Wildman–Crippen LogP) is 7.22. The van der Waals surface area contributed by atoms with E-state index in [9.17, 15) is 50.6 Å². The van der Waals surface area contributed by atoms with E-state index in [1.54, 1.807) is 36.4 Å². The van der Waals surface area contributed by atoms with Crippen molar-refractivity contribution in [2.45, 2.75) is 38.0 Å². The van der Waals surface area contributed by atoms with Crippen molar-refractivity contribution >= 4 is 39.8 Å². The van der Waals surface area contributed by atoms with Crippen LogP contribution in [0.5, 0.6) is 5.75 Å². The van der Waals surface area contributed by atoms with E-state index in [-0.39, 0.29) is 41.4 Å². The van der Waals surface area contributed by atoms with E-state index < -0.39 is 76.2 Å². The Hall–Kier alpha value is -5.00. The molecule has 0 saturated carbocycles. The van der Waals surface area contributed by atoms with Crippen LogP contribution in [0.15, 0.2) is 89.0 Å². The van der Waals surface area contributed by atoms with Gasteiger partial charge in [0.25, 0.3) is 0 Å². The fourth-order valence-corrected chi connectivity index (χ4v) is 7.62. The minimum atomic E-state index is -5.21. The summed E-state index contributed by atoms with van der Waals surface area (Å²) in [6.07, 6.45) is -7.83. The lowest BCUT2D eigenvalue weighted by molar-refractivity contribution is -0.143. The van der Waals surface area contributed by atoms with Crippen molar-refractivity contribution < 1.29 is 50.6 Å². The molecular formula is C35H23F6NO5. The van der Waals surface area contributed by atoms with Crippen molar-refractivity contribution in [3.63, 3.8) is 0 Å². The molecule has 1 aliphatic heterocycles. The number of phenolic OH excluding ortho intramolecular Hbond substituents is 1. The summed E-state index contributed by atoms with van der Waals surface area (Å²) < 4.78 is 82.1. The van der Waals surface area contributed by atoms with Gasteiger partial charge in [-0.3, -0.25) is 19.2 Å². The zero-order chi connectivity index (χ0) is 33.7. The highest BCUT2D eigenvalue weighted by Crippen LogP contribution is 2.57. The maximum Gasteiger partial charge on any atom is 0.416 e. The Labute approximate surface area is 262 Å². The number of rotatable bonds is 2. The number of aromatic hydroxyl groups is 1. The van der Waals surface area contributed by atoms with E-state index in [0.29, 0.717) is 38.9 Å². The molecule has 0 aromatic heterocycles. The van der Waals surface area contributed by atoms with Gasteiger partial charge in [-0.1, -0.05) is 42.0 Å². The normalized spacial score (nSPS) is 24.7. The molecule has 4 atom stereocenters. The number of imide groups is 1. The van der Waals surface area contributed by atoms with Gasteiger partial charge in [-0.15, -0.1) is 0 Å². The van der Waals surface area contributed by atoms with Crippen LogP contribution in [-0.4, -0.2) is 28.5 Å². The highest BCUT2D eigenvalue weighted by atomic mass is 19.4. The summed E-state index contributed by atoms with van der Waals surface area (Å²) in [6, 6.07) is 10.7. The van der Waals surface area contributed by atoms with Gasteiger partial charge in [0.2, 0.25) is 11.8 Å². The van der Waals surface area contributed by atoms with E-state index in [2.05, 4.69) is 0 Å². The van der Waals surface area contributed by atoms with Crippen LogP contribution in [0.4, 0.5) is 32.0 Å². The minimum Gasteiger partial charge on any atom is -0.508 e. The molecule has 1 N–H and O–H groups in total. The highest BCUT2D eigenvalue weighted by molar-refractivity contribution is 6.25. The second kappa shape index (κ2) is 10.2. The number of ketones is 2. The molecule has 240 valence electrons. The Morgan fingerprint density at radius 2 is 1.49 bits per heavy atom. The predicted molar refractivity (Wildman–Crippen MR) is 156 cm³/mol. The average Bonchev–Trinajstić information content (AvgIpc) is 3.27. The van der Waals surface area contributed by atoms with Crippen LogP contribution in [0.3, 0.4) is 0 Å². The number of phenols is 1. The lowest BCUT2D eigenvalue weighted by Gasteiger charge is -2.42. The van der Waals surface area contributed by atoms with E-state index in [1.807, 2.05) is 0 Å². The first kappa shape index (κ1) is 30.6. The van der Waals surface area contributed by atoms with Crippen LogP contribution < -0.4 is 4.90 Å². The summed E-state index contributed by atoms with van der Waals surface area (Å²) >= 11 is 0. The first-order valence-electron chi connectivity index (χ1n) is 14.7. The van der Waals surface area contributed by atoms with Crippen molar-refractivity contribution in [1.29, 1.82) is 0 Å². The summed E-state index contributed by atoms with van der Waals surface area (Å²) in [6.45, 7) is 1.46. The summed E-state index contributed by atoms with van der Waals surface area (Å²) in [7, 11) is 0. The van der Waals surface area contributed by atoms with Crippen LogP contribution in [0.2, 0.25) is 0 Å². The van der Waals surface area contributed by atoms with Gasteiger partial charge in [-0.05, 0) is 66.8 Å². The van der Waals surface area contributed by atoms with Crippen molar-refractivity contribution in [2.24, 2.45) is 17.8 Å². The second-order valence-corrected chi connectivity index (χ2v) is 12.2. The van der Waals surface area contributed by atoms with Crippen molar-refractivity contribution in [3.05, 3.63) is 106 Å². The lowest BCUT2D eigenvalue weighted by Crippen LogP contribution is -2.40. The van der Waals surface area contributed by atoms with Gasteiger partial charge in [-0.25, -0.2) is 4.90 Å². The number of benzene rings is 3. The fraction of sp³-hybridized carbons (Fsp3) is 0.257. The molecule has 3 aromatic rings. The zero-order valence-electron chi connectivity index (χ0n) is 24.4. The monoisotopic (exact) mass is 651 g/mol. The largest absolute Gasteiger partial charge is 0.508 e. The number of hydrogen-bond acceptors (Lipinski definition) is 5. The van der Waals surface area contributed by atoms with Gasteiger partial charge in [0.05, 0.1) is 28.7 Å². The number of allylic oxidation sites excluding steroid dienone is 6. The molecule has 0 bridgehead atoms. The maximum absolute atomic E-state index is 14.1. The van der Waals surface area contributed by atoms with Crippen molar-refractivity contribution in [1.82, 2.24) is 0 Å². The van der Waals surface area contributed by atoms with Gasteiger partial charge in [-0.2, -0.15) is 26.3 Å². The number of fused-ring (bicyclic) bond motifs is 4. The molecule has 4 unspecified atom stereocenters. The van der Waals surface area contributed by atoms with Crippen LogP contribution in [0.25, 0.3) is 10.8 Å². The molecule has 1 heterocycles. The Bertz CT molecular complexity index is 2020. The number of Topliss-reactive ketones (excluding diaryl/α,β-unsaturated/α-hetero) is 1. The second-order valence-electron chi connectivity index (χ2n) is 12.2. The number of halogens is 6. The van der Waals surface area contributed by atoms with Gasteiger partial charge in [0.1, 0.15) is 5.75 Å². The topological polar surface area (TPSA) is 91.8 Å². The van der Waals surface area contributed by atoms with Gasteiger partial charge >= 0.3 is 12.4 Å². The number of nitrogens with zero attached hydrogens (tertiary/aromatic N) is 1. The molecule has 3 aliphatic carbocycles. The van der Waals surface area contributed by atoms with Gasteiger partial charge in [0, 0.05) is 28.2 Å². The summed E-state index contributed by atoms with van der Waals surface area (Å²) in [5.41, 5.74) is -3.09. The Morgan fingerprint density at radius 1 is 0.830 bits per heavy atom. The average molecular weight is 652 g/mol. The van der Waals surface area contributed by atoms with Crippen LogP contribution in [0, 0.1) is 17.8 Å². The molecule has 4 aliphatic rings. The third-order valence-electron chi connectivity index (χ3n) is 9.63. The molecular weight excluding hydrogens is 628 g/mol. The fourth-order valence-electron chi connectivity index (χ4n) is 7.62. The standard InChI is InChI=1S/C35H23F6NO5/c1-15-10-26(44)29-24(31(15)45)14-23-21(30(29)28-20-5-3-2-4-16(20)6-9-25(28)43)7-8-22-27(23)33(47)42(32(22)46)19-12-17(34(36,37)38)11-18(13-19)35(39,40)41/h2-7,9-13,22-23,27,30,43H,8,14H2,1H3. The van der Waals surface area contributed by atoms with Gasteiger partial charge < -0.3 is 5.11 Å². The van der Waals surface area contributed by atoms with Gasteiger partial charge in [0.15, 0.2) is 11.6 Å². The maximum atomic E-state index is 14.1. The highest BCUT2D eigenvalue weighted by Gasteiger charge is 2.57. The summed E-state index contributed by atoms with van der Waals surface area (Å²) in [5.74, 6) is -7.42. The third kappa shape index (κ3) is 4.63. The molecule has 12 heteroatoms. The molecule has 47 heavy (non-hydrogen) atoms. The minimum absolute atomic E-state index is 0.0841. The van der Waals surface area contributed by atoms with Crippen molar-refractivity contribution in [3.8, 4) is 5.75 Å². The summed E-state index contributed by atoms with van der Waals surface area (Å²) in [4.78, 5) is 55.3. The molecule has 6 nitrogen and oxygen atoms in total. The van der Waals surface area contributed by atoms with Crippen LogP contribution in [0.1, 0.15) is 42.4 Å². The third-order valence-corrected chi connectivity index (χ3v) is 9.63. The molecule has 0 radical (unpaired) electrons. The van der Waals surface area contributed by atoms with Crippen LogP contribution in [-0.2, 0) is 31.5 Å². The quantitative estimate of drug-likeness (QED) is 0.137. The number of alkyl halides is 6. The van der Waals surface area contributed by atoms with Crippen LogP contribution >= 0.6 is 0 Å². The number of carbonyl (C=O) groups excluding carboxylic acids is 4. The van der Waals surface area contributed by atoms with E-state index in [4.69, 9.17) is 0 Å². The SMILES string of the molecule is CC1=CC(=O)C2=C(CC3C(=CCC4C(=O)N(c5cc(C(F)(F)F)cc(C(F)(F)F)c5)C(=O)C43)C2c2c(O)ccc3ccccc23)C1=O. The number of amides is 2. The molecule has 3 aromatic carbocycles. The number of carbonyl (C=O) groups is 4. The molecule has 1 fully saturated rings. The number of anilines is 1. The van der Waals surface area contributed by atoms with E-state index in [1.165, 1.54) is 19.1 Å². The molecule has 0 spiro atoms. The molecule has 2 amide bonds. The van der Waals surface area contributed by atoms with Crippen molar-refractivity contribution in [2.75, 3.05) is 4.90 Å². The first-order chi connectivity index (χ1) is 22.1. The molecule has 7 rings (SSSR count). The lowest BCUT2D eigenvalue weighted by atomic mass is 9.59. The zero-order valence-corrected chi connectivity index (χ0v) is 24.4. The smallest absolute Gasteiger partial charge is 0.416 e. The Kier molecular flexibility index (Phi) is 6.68. The molecule has 1 saturated heterocycles. The Morgan fingerprint density at radius 3 is 2.15 bits per heavy atom. The Balaban J connectivity index is 1.39. The first-order valence-corrected chi connectivity index (χ1v) is 14.7. The van der Waals surface area contributed by atoms with E-state index >= 15 is 0 Å². The number of hydrogen-bond donors (Lipinski definition) is 1.